The third-order valence-electron chi connectivity index (χ3n) is 6.34. The number of carboxylic acids is 1. The van der Waals surface area contributed by atoms with E-state index in [1.807, 2.05) is 24.3 Å². The van der Waals surface area contributed by atoms with E-state index >= 15 is 0 Å². The van der Waals surface area contributed by atoms with Gasteiger partial charge in [-0.05, 0) is 44.2 Å². The molecule has 3 amide bonds. The van der Waals surface area contributed by atoms with Gasteiger partial charge in [0, 0.05) is 36.6 Å². The van der Waals surface area contributed by atoms with Crippen molar-refractivity contribution in [2.75, 3.05) is 13.1 Å². The number of amides is 3. The van der Waals surface area contributed by atoms with Crippen molar-refractivity contribution in [3.8, 4) is 0 Å². The summed E-state index contributed by atoms with van der Waals surface area (Å²) in [5.41, 5.74) is 29.0. The number of hydrogen-bond donors (Lipinski definition) is 10. The molecule has 0 aliphatic rings. The summed E-state index contributed by atoms with van der Waals surface area (Å²) in [6.07, 6.45) is 2.91. The molecule has 0 fully saturated rings. The Hall–Kier alpha value is -4.86. The largest absolute Gasteiger partial charge is 0.480 e. The van der Waals surface area contributed by atoms with Crippen LogP contribution in [0.25, 0.3) is 10.9 Å². The molecule has 0 bridgehead atoms. The Balaban J connectivity index is 2.25. The van der Waals surface area contributed by atoms with Crippen LogP contribution < -0.4 is 44.6 Å². The highest BCUT2D eigenvalue weighted by Gasteiger charge is 2.30. The van der Waals surface area contributed by atoms with Crippen LogP contribution in [0, 0.1) is 0 Å². The Labute approximate surface area is 242 Å². The van der Waals surface area contributed by atoms with Gasteiger partial charge >= 0.3 is 5.97 Å². The second-order valence-corrected chi connectivity index (χ2v) is 9.76. The first-order chi connectivity index (χ1) is 19.9. The maximum Gasteiger partial charge on any atom is 0.325 e. The number of carboxylic acid groups (broad SMARTS) is 1. The normalized spacial score (nSPS) is 13.7. The van der Waals surface area contributed by atoms with Crippen molar-refractivity contribution in [3.05, 3.63) is 36.0 Å². The lowest BCUT2D eigenvalue weighted by Crippen LogP contribution is -2.57. The average Bonchev–Trinajstić information content (AvgIpc) is 3.34. The second-order valence-electron chi connectivity index (χ2n) is 9.76. The molecule has 0 saturated heterocycles. The number of carbonyl (C=O) groups is 4. The van der Waals surface area contributed by atoms with Crippen LogP contribution in [0.1, 0.15) is 38.2 Å². The number of aliphatic carboxylic acids is 1. The fraction of sp³-hybridized carbons (Fsp3) is 0.462. The van der Waals surface area contributed by atoms with E-state index in [4.69, 9.17) is 28.7 Å². The number of nitrogens with one attached hydrogen (secondary N) is 4. The van der Waals surface area contributed by atoms with Crippen LogP contribution in [0.2, 0.25) is 0 Å². The maximum atomic E-state index is 13.6. The Bertz CT molecular complexity index is 1280. The average molecular weight is 588 g/mol. The van der Waals surface area contributed by atoms with Gasteiger partial charge in [0.05, 0.1) is 6.04 Å². The highest BCUT2D eigenvalue weighted by Crippen LogP contribution is 2.19. The molecule has 0 spiro atoms. The molecule has 1 aromatic carbocycles. The number of hydrogen-bond acceptors (Lipinski definition) is 7. The number of aromatic amines is 1. The Morgan fingerprint density at radius 3 is 2.05 bits per heavy atom. The van der Waals surface area contributed by atoms with Crippen LogP contribution >= 0.6 is 0 Å². The van der Waals surface area contributed by atoms with Crippen molar-refractivity contribution < 1.29 is 24.3 Å². The summed E-state index contributed by atoms with van der Waals surface area (Å²) in [6, 6.07) is 3.05. The van der Waals surface area contributed by atoms with Crippen LogP contribution in [0.15, 0.2) is 40.4 Å². The van der Waals surface area contributed by atoms with E-state index in [1.165, 1.54) is 6.92 Å². The highest BCUT2D eigenvalue weighted by molar-refractivity contribution is 5.94. The molecule has 42 heavy (non-hydrogen) atoms. The van der Waals surface area contributed by atoms with Gasteiger partial charge in [0.25, 0.3) is 0 Å². The van der Waals surface area contributed by atoms with Crippen LogP contribution in [-0.2, 0) is 25.6 Å². The minimum absolute atomic E-state index is 0.0712. The topological polar surface area (TPSA) is 295 Å². The number of aliphatic imine (C=N–C) groups is 2. The number of carbonyl (C=O) groups excluding carboxylic acids is 3. The van der Waals surface area contributed by atoms with Gasteiger partial charge in [0.1, 0.15) is 18.1 Å². The van der Waals surface area contributed by atoms with Crippen molar-refractivity contribution in [1.29, 1.82) is 0 Å². The molecule has 16 heteroatoms. The van der Waals surface area contributed by atoms with Gasteiger partial charge in [-0.2, -0.15) is 0 Å². The van der Waals surface area contributed by atoms with Crippen molar-refractivity contribution in [1.82, 2.24) is 20.9 Å². The number of rotatable bonds is 17. The van der Waals surface area contributed by atoms with Crippen molar-refractivity contribution in [3.63, 3.8) is 0 Å². The predicted molar refractivity (Wildman–Crippen MR) is 159 cm³/mol. The summed E-state index contributed by atoms with van der Waals surface area (Å²) in [7, 11) is 0. The Morgan fingerprint density at radius 1 is 0.857 bits per heavy atom. The lowest BCUT2D eigenvalue weighted by molar-refractivity contribution is -0.141. The molecular formula is C26H41N11O5. The van der Waals surface area contributed by atoms with E-state index in [0.717, 1.165) is 16.5 Å². The molecule has 1 heterocycles. The molecule has 0 radical (unpaired) electrons. The standard InChI is InChI=1S/C26H41N11O5/c1-14(24(41)42)35-22(39)19(9-5-11-33-26(30)31)36-23(40)20(12-15-13-34-18-8-3-2-6-16(15)18)37-21(38)17(27)7-4-10-32-25(28)29/h2-3,6,8,13-14,17,19-20,34H,4-5,7,9-12,27H2,1H3,(H,35,39)(H,36,40)(H,37,38)(H,41,42)(H4,28,29,32)(H4,30,31,33). The lowest BCUT2D eigenvalue weighted by Gasteiger charge is -2.25. The molecular weight excluding hydrogens is 546 g/mol. The van der Waals surface area contributed by atoms with Gasteiger partial charge in [-0.3, -0.25) is 29.2 Å². The molecule has 4 unspecified atom stereocenters. The van der Waals surface area contributed by atoms with E-state index < -0.39 is 47.9 Å². The van der Waals surface area contributed by atoms with Gasteiger partial charge in [-0.25, -0.2) is 0 Å². The van der Waals surface area contributed by atoms with Crippen LogP contribution in [0.5, 0.6) is 0 Å². The number of nitrogens with two attached hydrogens (primary N) is 5. The summed E-state index contributed by atoms with van der Waals surface area (Å²) in [6.45, 7) is 1.77. The number of guanidine groups is 2. The monoisotopic (exact) mass is 587 g/mol. The van der Waals surface area contributed by atoms with Gasteiger partial charge in [0.15, 0.2) is 11.9 Å². The van der Waals surface area contributed by atoms with E-state index in [2.05, 4.69) is 30.9 Å². The number of H-pyrrole nitrogens is 1. The van der Waals surface area contributed by atoms with E-state index in [1.54, 1.807) is 6.20 Å². The summed E-state index contributed by atoms with van der Waals surface area (Å²) < 4.78 is 0. The molecule has 4 atom stereocenters. The first kappa shape index (κ1) is 33.3. The van der Waals surface area contributed by atoms with Crippen molar-refractivity contribution >= 4 is 46.5 Å². The van der Waals surface area contributed by atoms with Crippen LogP contribution in [0.4, 0.5) is 0 Å². The van der Waals surface area contributed by atoms with E-state index in [9.17, 15) is 24.3 Å². The minimum atomic E-state index is -1.24. The van der Waals surface area contributed by atoms with Gasteiger partial charge < -0.3 is 54.7 Å². The van der Waals surface area contributed by atoms with Crippen molar-refractivity contribution in [2.24, 2.45) is 38.7 Å². The molecule has 1 aromatic heterocycles. The third-order valence-corrected chi connectivity index (χ3v) is 6.34. The zero-order valence-electron chi connectivity index (χ0n) is 23.5. The molecule has 2 rings (SSSR count). The number of nitrogens with zero attached hydrogens (tertiary/aromatic N) is 2. The van der Waals surface area contributed by atoms with Crippen LogP contribution in [0.3, 0.4) is 0 Å². The summed E-state index contributed by atoms with van der Waals surface area (Å²) in [5, 5.41) is 17.8. The molecule has 15 N–H and O–H groups in total. The molecule has 16 nitrogen and oxygen atoms in total. The van der Waals surface area contributed by atoms with Gasteiger partial charge in [-0.15, -0.1) is 0 Å². The lowest BCUT2D eigenvalue weighted by atomic mass is 10.0. The fourth-order valence-corrected chi connectivity index (χ4v) is 4.08. The number of para-hydroxylation sites is 1. The molecule has 0 aliphatic heterocycles. The quantitative estimate of drug-likeness (QED) is 0.0536. The molecule has 0 saturated carbocycles. The third kappa shape index (κ3) is 11.0. The Kier molecular flexibility index (Phi) is 13.0. The van der Waals surface area contributed by atoms with Crippen molar-refractivity contribution in [2.45, 2.75) is 63.2 Å². The molecule has 0 aliphatic carbocycles. The highest BCUT2D eigenvalue weighted by atomic mass is 16.4. The van der Waals surface area contributed by atoms with E-state index in [-0.39, 0.29) is 44.3 Å². The van der Waals surface area contributed by atoms with Crippen LogP contribution in [-0.4, -0.2) is 83.0 Å². The molecule has 230 valence electrons. The number of aromatic nitrogens is 1. The summed E-state index contributed by atoms with van der Waals surface area (Å²) >= 11 is 0. The molecule has 2 aromatic rings. The predicted octanol–water partition coefficient (Wildman–Crippen LogP) is -2.30. The number of benzene rings is 1. The first-order valence-corrected chi connectivity index (χ1v) is 13.4. The summed E-state index contributed by atoms with van der Waals surface area (Å²) in [4.78, 5) is 61.7. The van der Waals surface area contributed by atoms with Gasteiger partial charge in [0.2, 0.25) is 17.7 Å². The smallest absolute Gasteiger partial charge is 0.325 e. The zero-order chi connectivity index (χ0) is 31.2. The first-order valence-electron chi connectivity index (χ1n) is 13.4. The van der Waals surface area contributed by atoms with E-state index in [0.29, 0.717) is 12.8 Å². The number of fused-ring (bicyclic) bond motifs is 1. The summed E-state index contributed by atoms with van der Waals surface area (Å²) in [5.74, 6) is -3.39. The fourth-order valence-electron chi connectivity index (χ4n) is 4.08. The second kappa shape index (κ2) is 16.4. The SMILES string of the molecule is CC(NC(=O)C(CCCN=C(N)N)NC(=O)C(Cc1c[nH]c2ccccc12)NC(=O)C(N)CCCN=C(N)N)C(=O)O. The Morgan fingerprint density at radius 2 is 1.43 bits per heavy atom. The van der Waals surface area contributed by atoms with Gasteiger partial charge in [-0.1, -0.05) is 18.2 Å². The minimum Gasteiger partial charge on any atom is -0.480 e. The zero-order valence-corrected chi connectivity index (χ0v) is 23.5. The maximum absolute atomic E-state index is 13.6.